The number of benzene rings is 2. The van der Waals surface area contributed by atoms with Gasteiger partial charge in [0.25, 0.3) is 0 Å². The number of carbonyl (C=O) groups is 1. The zero-order valence-corrected chi connectivity index (χ0v) is 12.4. The standard InChI is InChI=1S/C18H22N2O/c1-2-17(14-8-4-3-5-9-14)20-18(21)12-15-10-6-7-11-16(15)13-19/h3-11,17H,2,12-13,19H2,1H3,(H,20,21). The average molecular weight is 282 g/mol. The van der Waals surface area contributed by atoms with Crippen molar-refractivity contribution in [2.45, 2.75) is 32.4 Å². The monoisotopic (exact) mass is 282 g/mol. The highest BCUT2D eigenvalue weighted by Gasteiger charge is 2.13. The molecule has 0 aromatic heterocycles. The molecule has 0 saturated carbocycles. The number of carbonyl (C=O) groups excluding carboxylic acids is 1. The van der Waals surface area contributed by atoms with Crippen molar-refractivity contribution < 1.29 is 4.79 Å². The average Bonchev–Trinajstić information content (AvgIpc) is 2.54. The van der Waals surface area contributed by atoms with Gasteiger partial charge in [-0.3, -0.25) is 4.79 Å². The molecule has 2 aromatic rings. The third-order valence-corrected chi connectivity index (χ3v) is 3.63. The van der Waals surface area contributed by atoms with Crippen molar-refractivity contribution in [3.8, 4) is 0 Å². The minimum Gasteiger partial charge on any atom is -0.349 e. The minimum atomic E-state index is 0.0339. The molecule has 1 amide bonds. The van der Waals surface area contributed by atoms with Gasteiger partial charge in [0.05, 0.1) is 12.5 Å². The van der Waals surface area contributed by atoms with E-state index in [9.17, 15) is 4.79 Å². The fourth-order valence-electron chi connectivity index (χ4n) is 2.45. The van der Waals surface area contributed by atoms with Crippen LogP contribution in [0.25, 0.3) is 0 Å². The molecule has 3 nitrogen and oxygen atoms in total. The second-order valence-corrected chi connectivity index (χ2v) is 5.09. The van der Waals surface area contributed by atoms with Gasteiger partial charge in [-0.2, -0.15) is 0 Å². The molecular formula is C18H22N2O. The Hall–Kier alpha value is -2.13. The predicted molar refractivity (Wildman–Crippen MR) is 85.7 cm³/mol. The summed E-state index contributed by atoms with van der Waals surface area (Å²) in [4.78, 5) is 12.3. The molecule has 0 spiro atoms. The zero-order chi connectivity index (χ0) is 15.1. The van der Waals surface area contributed by atoms with E-state index in [1.54, 1.807) is 0 Å². The van der Waals surface area contributed by atoms with Crippen LogP contribution < -0.4 is 11.1 Å². The first-order chi connectivity index (χ1) is 10.2. The molecule has 0 radical (unpaired) electrons. The summed E-state index contributed by atoms with van der Waals surface area (Å²) in [5, 5.41) is 3.10. The molecule has 1 unspecified atom stereocenters. The highest BCUT2D eigenvalue weighted by Crippen LogP contribution is 2.16. The molecule has 0 aliphatic carbocycles. The van der Waals surface area contributed by atoms with Gasteiger partial charge in [-0.25, -0.2) is 0 Å². The van der Waals surface area contributed by atoms with E-state index in [-0.39, 0.29) is 11.9 Å². The van der Waals surface area contributed by atoms with E-state index in [0.29, 0.717) is 13.0 Å². The van der Waals surface area contributed by atoms with Gasteiger partial charge in [0, 0.05) is 6.54 Å². The normalized spacial score (nSPS) is 11.9. The number of nitrogens with one attached hydrogen (secondary N) is 1. The van der Waals surface area contributed by atoms with E-state index in [1.165, 1.54) is 0 Å². The lowest BCUT2D eigenvalue weighted by molar-refractivity contribution is -0.121. The van der Waals surface area contributed by atoms with Crippen molar-refractivity contribution in [2.24, 2.45) is 5.73 Å². The molecule has 0 aliphatic heterocycles. The highest BCUT2D eigenvalue weighted by molar-refractivity contribution is 5.79. The van der Waals surface area contributed by atoms with Crippen molar-refractivity contribution in [1.82, 2.24) is 5.32 Å². The molecule has 0 saturated heterocycles. The summed E-state index contributed by atoms with van der Waals surface area (Å²) in [5.41, 5.74) is 8.88. The molecule has 0 fully saturated rings. The van der Waals surface area contributed by atoms with Crippen LogP contribution >= 0.6 is 0 Å². The molecule has 2 rings (SSSR count). The van der Waals surface area contributed by atoms with Gasteiger partial charge in [-0.15, -0.1) is 0 Å². The number of nitrogens with two attached hydrogens (primary N) is 1. The van der Waals surface area contributed by atoms with Crippen LogP contribution in [0, 0.1) is 0 Å². The molecule has 1 atom stereocenters. The van der Waals surface area contributed by atoms with E-state index in [1.807, 2.05) is 54.6 Å². The van der Waals surface area contributed by atoms with Crippen LogP contribution in [0.3, 0.4) is 0 Å². The van der Waals surface area contributed by atoms with Crippen LogP contribution in [-0.4, -0.2) is 5.91 Å². The maximum absolute atomic E-state index is 12.3. The molecule has 3 N–H and O–H groups in total. The smallest absolute Gasteiger partial charge is 0.224 e. The second-order valence-electron chi connectivity index (χ2n) is 5.09. The topological polar surface area (TPSA) is 55.1 Å². The van der Waals surface area contributed by atoms with Crippen LogP contribution in [0.4, 0.5) is 0 Å². The van der Waals surface area contributed by atoms with Gasteiger partial charge in [0.1, 0.15) is 0 Å². The third-order valence-electron chi connectivity index (χ3n) is 3.63. The highest BCUT2D eigenvalue weighted by atomic mass is 16.1. The van der Waals surface area contributed by atoms with Crippen molar-refractivity contribution in [2.75, 3.05) is 0 Å². The van der Waals surface area contributed by atoms with Crippen molar-refractivity contribution in [1.29, 1.82) is 0 Å². The fraction of sp³-hybridized carbons (Fsp3) is 0.278. The quantitative estimate of drug-likeness (QED) is 0.856. The first-order valence-electron chi connectivity index (χ1n) is 7.35. The van der Waals surface area contributed by atoms with Crippen molar-refractivity contribution >= 4 is 5.91 Å². The Morgan fingerprint density at radius 1 is 1.05 bits per heavy atom. The lowest BCUT2D eigenvalue weighted by Gasteiger charge is -2.18. The van der Waals surface area contributed by atoms with Crippen molar-refractivity contribution in [3.63, 3.8) is 0 Å². The number of rotatable bonds is 6. The van der Waals surface area contributed by atoms with Gasteiger partial charge >= 0.3 is 0 Å². The van der Waals surface area contributed by atoms with Crippen LogP contribution in [0.1, 0.15) is 36.1 Å². The molecule has 3 heteroatoms. The molecular weight excluding hydrogens is 260 g/mol. The lowest BCUT2D eigenvalue weighted by atomic mass is 10.0. The Morgan fingerprint density at radius 2 is 1.67 bits per heavy atom. The molecule has 0 bridgehead atoms. The summed E-state index contributed by atoms with van der Waals surface area (Å²) in [6.45, 7) is 2.53. The van der Waals surface area contributed by atoms with Gasteiger partial charge < -0.3 is 11.1 Å². The molecule has 2 aromatic carbocycles. The number of hydrogen-bond donors (Lipinski definition) is 2. The zero-order valence-electron chi connectivity index (χ0n) is 12.4. The Balaban J connectivity index is 2.03. The van der Waals surface area contributed by atoms with Crippen LogP contribution in [-0.2, 0) is 17.8 Å². The number of amides is 1. The Kier molecular flexibility index (Phi) is 5.52. The van der Waals surface area contributed by atoms with Gasteiger partial charge in [0.2, 0.25) is 5.91 Å². The maximum atomic E-state index is 12.3. The van der Waals surface area contributed by atoms with Gasteiger partial charge in [-0.1, -0.05) is 61.5 Å². The fourth-order valence-corrected chi connectivity index (χ4v) is 2.45. The Labute approximate surface area is 126 Å². The third kappa shape index (κ3) is 4.17. The summed E-state index contributed by atoms with van der Waals surface area (Å²) in [7, 11) is 0. The van der Waals surface area contributed by atoms with Crippen LogP contribution in [0.5, 0.6) is 0 Å². The largest absolute Gasteiger partial charge is 0.349 e. The molecule has 0 aliphatic rings. The Morgan fingerprint density at radius 3 is 2.29 bits per heavy atom. The molecule has 21 heavy (non-hydrogen) atoms. The summed E-state index contributed by atoms with van der Waals surface area (Å²) in [6.07, 6.45) is 1.24. The van der Waals surface area contributed by atoms with E-state index in [0.717, 1.165) is 23.1 Å². The lowest BCUT2D eigenvalue weighted by Crippen LogP contribution is -2.29. The van der Waals surface area contributed by atoms with E-state index >= 15 is 0 Å². The van der Waals surface area contributed by atoms with Crippen LogP contribution in [0.15, 0.2) is 54.6 Å². The van der Waals surface area contributed by atoms with E-state index < -0.39 is 0 Å². The summed E-state index contributed by atoms with van der Waals surface area (Å²) < 4.78 is 0. The summed E-state index contributed by atoms with van der Waals surface area (Å²) >= 11 is 0. The minimum absolute atomic E-state index is 0.0339. The van der Waals surface area contributed by atoms with E-state index in [4.69, 9.17) is 5.73 Å². The first kappa shape index (κ1) is 15.3. The van der Waals surface area contributed by atoms with Gasteiger partial charge in [-0.05, 0) is 23.1 Å². The predicted octanol–water partition coefficient (Wildman–Crippen LogP) is 2.96. The molecule has 110 valence electrons. The van der Waals surface area contributed by atoms with Crippen LogP contribution in [0.2, 0.25) is 0 Å². The maximum Gasteiger partial charge on any atom is 0.224 e. The van der Waals surface area contributed by atoms with Gasteiger partial charge in [0.15, 0.2) is 0 Å². The van der Waals surface area contributed by atoms with Crippen molar-refractivity contribution in [3.05, 3.63) is 71.3 Å². The SMILES string of the molecule is CCC(NC(=O)Cc1ccccc1CN)c1ccccc1. The van der Waals surface area contributed by atoms with E-state index in [2.05, 4.69) is 12.2 Å². The Bertz CT molecular complexity index is 581. The summed E-state index contributed by atoms with van der Waals surface area (Å²) in [5.74, 6) is 0.0339. The summed E-state index contributed by atoms with van der Waals surface area (Å²) in [6, 6.07) is 17.9. The molecule has 0 heterocycles. The first-order valence-corrected chi connectivity index (χ1v) is 7.35. The number of hydrogen-bond acceptors (Lipinski definition) is 2. The second kappa shape index (κ2) is 7.60.